The summed E-state index contributed by atoms with van der Waals surface area (Å²) in [5.41, 5.74) is 2.75. The third kappa shape index (κ3) is 3.17. The van der Waals surface area contributed by atoms with Gasteiger partial charge in [0, 0.05) is 22.0 Å². The molecule has 4 heteroatoms. The number of pyridine rings is 1. The van der Waals surface area contributed by atoms with Gasteiger partial charge in [-0.1, -0.05) is 36.6 Å². The highest BCUT2D eigenvalue weighted by atomic mass is 35.5. The molecule has 0 amide bonds. The van der Waals surface area contributed by atoms with Crippen LogP contribution in [0.2, 0.25) is 5.02 Å². The Morgan fingerprint density at radius 3 is 2.58 bits per heavy atom. The minimum Gasteiger partial charge on any atom is -0.492 e. The molecular weight excluding hydrogens is 322 g/mol. The first-order chi connectivity index (χ1) is 11.7. The first-order valence-electron chi connectivity index (χ1n) is 8.25. The molecule has 3 nitrogen and oxygen atoms in total. The maximum atomic E-state index is 11.6. The van der Waals surface area contributed by atoms with Gasteiger partial charge in [-0.3, -0.25) is 4.79 Å². The quantitative estimate of drug-likeness (QED) is 0.708. The van der Waals surface area contributed by atoms with Crippen LogP contribution in [0.1, 0.15) is 19.3 Å². The third-order valence-corrected chi connectivity index (χ3v) is 4.73. The van der Waals surface area contributed by atoms with Crippen LogP contribution in [0, 0.1) is 5.92 Å². The van der Waals surface area contributed by atoms with Crippen LogP contribution >= 0.6 is 11.6 Å². The number of ether oxygens (including phenoxy) is 1. The molecule has 122 valence electrons. The summed E-state index contributed by atoms with van der Waals surface area (Å²) >= 11 is 6.01. The molecule has 0 atom stereocenters. The van der Waals surface area contributed by atoms with Crippen molar-refractivity contribution in [3.8, 4) is 16.9 Å². The van der Waals surface area contributed by atoms with Crippen LogP contribution in [0.3, 0.4) is 0 Å². The predicted octanol–water partition coefficient (Wildman–Crippen LogP) is 5.03. The van der Waals surface area contributed by atoms with E-state index in [1.54, 1.807) is 6.07 Å². The maximum absolute atomic E-state index is 11.6. The van der Waals surface area contributed by atoms with Gasteiger partial charge in [-0.05, 0) is 48.2 Å². The zero-order valence-electron chi connectivity index (χ0n) is 13.2. The SMILES string of the molecule is O=c1ccc2c(OCCC3CC3)c(-c3ccc(Cl)cc3)ccc2[nH]1. The summed E-state index contributed by atoms with van der Waals surface area (Å²) in [6.07, 6.45) is 3.71. The van der Waals surface area contributed by atoms with E-state index in [2.05, 4.69) is 4.98 Å². The highest BCUT2D eigenvalue weighted by Crippen LogP contribution is 2.38. The zero-order chi connectivity index (χ0) is 16.5. The molecule has 1 saturated carbocycles. The molecule has 1 aliphatic rings. The fourth-order valence-electron chi connectivity index (χ4n) is 2.95. The first kappa shape index (κ1) is 15.3. The van der Waals surface area contributed by atoms with Crippen LogP contribution in [0.15, 0.2) is 53.3 Å². The number of nitrogens with one attached hydrogen (secondary N) is 1. The van der Waals surface area contributed by atoms with E-state index in [0.717, 1.165) is 40.1 Å². The van der Waals surface area contributed by atoms with Gasteiger partial charge in [-0.2, -0.15) is 0 Å². The molecule has 1 aromatic heterocycles. The Morgan fingerprint density at radius 1 is 1.04 bits per heavy atom. The van der Waals surface area contributed by atoms with Crippen molar-refractivity contribution in [2.75, 3.05) is 6.61 Å². The van der Waals surface area contributed by atoms with Crippen LogP contribution in [0.4, 0.5) is 0 Å². The van der Waals surface area contributed by atoms with Crippen LogP contribution in [0.25, 0.3) is 22.0 Å². The average molecular weight is 340 g/mol. The number of H-pyrrole nitrogens is 1. The second kappa shape index (κ2) is 6.33. The Bertz CT molecular complexity index is 927. The number of hydrogen-bond donors (Lipinski definition) is 1. The van der Waals surface area contributed by atoms with Crippen molar-refractivity contribution >= 4 is 22.5 Å². The molecule has 1 heterocycles. The third-order valence-electron chi connectivity index (χ3n) is 4.48. The number of aromatic amines is 1. The fraction of sp³-hybridized carbons (Fsp3) is 0.250. The lowest BCUT2D eigenvalue weighted by Gasteiger charge is -2.15. The zero-order valence-corrected chi connectivity index (χ0v) is 14.0. The summed E-state index contributed by atoms with van der Waals surface area (Å²) in [6, 6.07) is 15.0. The molecule has 0 radical (unpaired) electrons. The minimum atomic E-state index is -0.106. The molecule has 3 aromatic rings. The van der Waals surface area contributed by atoms with Gasteiger partial charge < -0.3 is 9.72 Å². The summed E-state index contributed by atoms with van der Waals surface area (Å²) in [4.78, 5) is 14.5. The van der Waals surface area contributed by atoms with Crippen LogP contribution < -0.4 is 10.3 Å². The molecule has 1 fully saturated rings. The largest absolute Gasteiger partial charge is 0.492 e. The Balaban J connectivity index is 1.79. The molecule has 1 aliphatic carbocycles. The maximum Gasteiger partial charge on any atom is 0.248 e. The molecule has 1 N–H and O–H groups in total. The molecular formula is C20H18ClNO2. The van der Waals surface area contributed by atoms with Crippen molar-refractivity contribution in [1.82, 2.24) is 4.98 Å². The van der Waals surface area contributed by atoms with E-state index in [-0.39, 0.29) is 5.56 Å². The number of fused-ring (bicyclic) bond motifs is 1. The number of rotatable bonds is 5. The predicted molar refractivity (Wildman–Crippen MR) is 97.9 cm³/mol. The summed E-state index contributed by atoms with van der Waals surface area (Å²) in [6.45, 7) is 0.698. The van der Waals surface area contributed by atoms with Gasteiger partial charge in [-0.25, -0.2) is 0 Å². The van der Waals surface area contributed by atoms with E-state index < -0.39 is 0 Å². The Kier molecular flexibility index (Phi) is 4.03. The summed E-state index contributed by atoms with van der Waals surface area (Å²) < 4.78 is 6.17. The highest BCUT2D eigenvalue weighted by molar-refractivity contribution is 6.30. The number of aromatic nitrogens is 1. The van der Waals surface area contributed by atoms with Crippen molar-refractivity contribution < 1.29 is 4.74 Å². The van der Waals surface area contributed by atoms with Gasteiger partial charge in [0.05, 0.1) is 12.1 Å². The van der Waals surface area contributed by atoms with Gasteiger partial charge in [0.15, 0.2) is 0 Å². The lowest BCUT2D eigenvalue weighted by Crippen LogP contribution is -2.05. The Hall–Kier alpha value is -2.26. The van der Waals surface area contributed by atoms with Crippen molar-refractivity contribution in [3.63, 3.8) is 0 Å². The summed E-state index contributed by atoms with van der Waals surface area (Å²) in [5.74, 6) is 1.64. The molecule has 0 aliphatic heterocycles. The number of halogens is 1. The lowest BCUT2D eigenvalue weighted by molar-refractivity contribution is 0.307. The summed E-state index contributed by atoms with van der Waals surface area (Å²) in [5, 5.41) is 1.64. The topological polar surface area (TPSA) is 42.1 Å². The van der Waals surface area contributed by atoms with E-state index in [9.17, 15) is 4.79 Å². The highest BCUT2D eigenvalue weighted by Gasteiger charge is 2.21. The average Bonchev–Trinajstić information content (AvgIpc) is 3.40. The molecule has 0 unspecified atom stereocenters. The van der Waals surface area contributed by atoms with Gasteiger partial charge >= 0.3 is 0 Å². The lowest BCUT2D eigenvalue weighted by atomic mass is 10.0. The van der Waals surface area contributed by atoms with E-state index in [1.165, 1.54) is 12.8 Å². The fourth-order valence-corrected chi connectivity index (χ4v) is 3.08. The molecule has 0 bridgehead atoms. The minimum absolute atomic E-state index is 0.106. The molecule has 4 rings (SSSR count). The van der Waals surface area contributed by atoms with Gasteiger partial charge in [0.1, 0.15) is 5.75 Å². The van der Waals surface area contributed by atoms with E-state index >= 15 is 0 Å². The number of benzene rings is 2. The van der Waals surface area contributed by atoms with E-state index in [1.807, 2.05) is 42.5 Å². The monoisotopic (exact) mass is 339 g/mol. The number of hydrogen-bond acceptors (Lipinski definition) is 2. The van der Waals surface area contributed by atoms with Crippen LogP contribution in [0.5, 0.6) is 5.75 Å². The normalized spacial score (nSPS) is 14.0. The molecule has 0 spiro atoms. The van der Waals surface area contributed by atoms with Gasteiger partial charge in [0.25, 0.3) is 0 Å². The van der Waals surface area contributed by atoms with E-state index in [4.69, 9.17) is 16.3 Å². The first-order valence-corrected chi connectivity index (χ1v) is 8.63. The van der Waals surface area contributed by atoms with Crippen molar-refractivity contribution in [3.05, 3.63) is 63.9 Å². The second-order valence-corrected chi connectivity index (χ2v) is 6.75. The Labute approximate surface area is 145 Å². The summed E-state index contributed by atoms with van der Waals surface area (Å²) in [7, 11) is 0. The standard InChI is InChI=1S/C20H18ClNO2/c21-15-5-3-14(4-6-15)16-7-9-18-17(8-10-19(23)22-18)20(16)24-12-11-13-1-2-13/h3-10,13H,1-2,11-12H2,(H,22,23). The van der Waals surface area contributed by atoms with Gasteiger partial charge in [0.2, 0.25) is 5.56 Å². The van der Waals surface area contributed by atoms with Crippen molar-refractivity contribution in [2.24, 2.45) is 5.92 Å². The van der Waals surface area contributed by atoms with Crippen LogP contribution in [-0.2, 0) is 0 Å². The molecule has 0 saturated heterocycles. The van der Waals surface area contributed by atoms with Gasteiger partial charge in [-0.15, -0.1) is 0 Å². The smallest absolute Gasteiger partial charge is 0.248 e. The Morgan fingerprint density at radius 2 is 1.83 bits per heavy atom. The van der Waals surface area contributed by atoms with E-state index in [0.29, 0.717) is 11.6 Å². The second-order valence-electron chi connectivity index (χ2n) is 6.31. The molecule has 2 aromatic carbocycles. The van der Waals surface area contributed by atoms with Crippen LogP contribution in [-0.4, -0.2) is 11.6 Å². The molecule has 24 heavy (non-hydrogen) atoms. The van der Waals surface area contributed by atoms with Crippen molar-refractivity contribution in [2.45, 2.75) is 19.3 Å². The van der Waals surface area contributed by atoms with Crippen molar-refractivity contribution in [1.29, 1.82) is 0 Å².